The molecule has 0 spiro atoms. The summed E-state index contributed by atoms with van der Waals surface area (Å²) in [4.78, 5) is 11.0. The predicted octanol–water partition coefficient (Wildman–Crippen LogP) is 4.02. The second-order valence-electron chi connectivity index (χ2n) is 3.67. The number of para-hydroxylation sites is 1. The molecule has 3 rings (SSSR count). The van der Waals surface area contributed by atoms with Crippen LogP contribution in [0.5, 0.6) is 11.5 Å². The van der Waals surface area contributed by atoms with Gasteiger partial charge >= 0.3 is 12.3 Å². The molecule has 2 aromatic rings. The highest BCUT2D eigenvalue weighted by Crippen LogP contribution is 2.47. The van der Waals surface area contributed by atoms with Crippen LogP contribution in [0.4, 0.5) is 8.78 Å². The fourth-order valence-electron chi connectivity index (χ4n) is 1.73. The van der Waals surface area contributed by atoms with Gasteiger partial charge in [0.05, 0.1) is 11.8 Å². The van der Waals surface area contributed by atoms with E-state index in [1.807, 2.05) is 13.8 Å². The largest absolute Gasteiger partial charge is 0.586 e. The van der Waals surface area contributed by atoms with E-state index >= 15 is 0 Å². The van der Waals surface area contributed by atoms with Crippen molar-refractivity contribution < 1.29 is 32.7 Å². The maximum atomic E-state index is 13.0. The Hall–Kier alpha value is -2.64. The Labute approximate surface area is 125 Å². The lowest BCUT2D eigenvalue weighted by atomic mass is 10.1. The fourth-order valence-corrected chi connectivity index (χ4v) is 1.73. The minimum atomic E-state index is -3.79. The zero-order valence-corrected chi connectivity index (χ0v) is 11.1. The molecule has 0 atom stereocenters. The van der Waals surface area contributed by atoms with Crippen molar-refractivity contribution >= 4 is 5.97 Å². The molecule has 0 saturated heterocycles. The Morgan fingerprint density at radius 1 is 1.27 bits per heavy atom. The van der Waals surface area contributed by atoms with Gasteiger partial charge in [-0.15, -0.1) is 8.78 Å². The van der Waals surface area contributed by atoms with Crippen molar-refractivity contribution in [2.24, 2.45) is 0 Å². The quantitative estimate of drug-likeness (QED) is 0.901. The van der Waals surface area contributed by atoms with Crippen LogP contribution < -0.4 is 9.47 Å². The van der Waals surface area contributed by atoms with Gasteiger partial charge in [0.1, 0.15) is 5.56 Å². The van der Waals surface area contributed by atoms with Crippen molar-refractivity contribution in [1.82, 2.24) is 5.16 Å². The van der Waals surface area contributed by atoms with E-state index in [0.29, 0.717) is 0 Å². The van der Waals surface area contributed by atoms with E-state index in [1.54, 1.807) is 0 Å². The molecule has 6 nitrogen and oxygen atoms in total. The zero-order chi connectivity index (χ0) is 15.6. The third kappa shape index (κ3) is 3.00. The molecule has 1 aliphatic heterocycles. The first-order valence-corrected chi connectivity index (χ1v) is 6.05. The van der Waals surface area contributed by atoms with Crippen LogP contribution >= 0.6 is 0 Å². The molecule has 0 fully saturated rings. The molecule has 0 amide bonds. The van der Waals surface area contributed by atoms with Crippen LogP contribution in [0, 0.1) is 0 Å². The molecule has 0 unspecified atom stereocenters. The second kappa shape index (κ2) is 6.42. The third-order valence-corrected chi connectivity index (χ3v) is 2.47. The summed E-state index contributed by atoms with van der Waals surface area (Å²) in [5, 5.41) is 12.3. The number of alkyl halides is 2. The highest BCUT2D eigenvalue weighted by atomic mass is 19.3. The van der Waals surface area contributed by atoms with Gasteiger partial charge in [-0.25, -0.2) is 4.79 Å². The number of carboxylic acids is 1. The molecular formula is C14H15F2NO5. The molecule has 22 heavy (non-hydrogen) atoms. The van der Waals surface area contributed by atoms with Crippen molar-refractivity contribution in [1.29, 1.82) is 0 Å². The summed E-state index contributed by atoms with van der Waals surface area (Å²) in [6, 6.07) is 4.06. The molecule has 1 aliphatic rings. The first-order valence-electron chi connectivity index (χ1n) is 6.05. The number of hydrogen-bond donors (Lipinski definition) is 1. The summed E-state index contributed by atoms with van der Waals surface area (Å²) in [5.41, 5.74) is -0.225. The number of carboxylic acid groups (broad SMARTS) is 1. The molecule has 0 bridgehead atoms. The summed E-state index contributed by atoms with van der Waals surface area (Å²) in [6.45, 7) is 4.00. The van der Waals surface area contributed by atoms with E-state index in [-0.39, 0.29) is 35.8 Å². The van der Waals surface area contributed by atoms with Crippen LogP contribution in [0.2, 0.25) is 0 Å². The average Bonchev–Trinajstić information content (AvgIpc) is 3.02. The topological polar surface area (TPSA) is 81.8 Å². The Morgan fingerprint density at radius 2 is 1.95 bits per heavy atom. The van der Waals surface area contributed by atoms with E-state index in [2.05, 4.69) is 14.6 Å². The van der Waals surface area contributed by atoms with Gasteiger partial charge in [0.15, 0.2) is 17.3 Å². The van der Waals surface area contributed by atoms with E-state index < -0.39 is 12.3 Å². The second-order valence-corrected chi connectivity index (χ2v) is 3.67. The summed E-state index contributed by atoms with van der Waals surface area (Å²) in [5.74, 6) is -1.95. The number of rotatable bonds is 2. The number of halogens is 2. The van der Waals surface area contributed by atoms with Crippen LogP contribution in [0.1, 0.15) is 31.6 Å². The molecule has 0 radical (unpaired) electrons. The van der Waals surface area contributed by atoms with Gasteiger partial charge in [-0.2, -0.15) is 0 Å². The molecule has 120 valence electrons. The molecule has 2 heterocycles. The monoisotopic (exact) mass is 315 g/mol. The van der Waals surface area contributed by atoms with Crippen LogP contribution in [-0.2, 0) is 0 Å². The Kier molecular flexibility index (Phi) is 5.08. The Bertz CT molecular complexity index is 669. The minimum absolute atomic E-state index is 0. The molecule has 0 aliphatic carbocycles. The van der Waals surface area contributed by atoms with Gasteiger partial charge in [0, 0.05) is 0 Å². The number of benzene rings is 1. The lowest BCUT2D eigenvalue weighted by Crippen LogP contribution is -2.26. The summed E-state index contributed by atoms with van der Waals surface area (Å²) in [7, 11) is 0. The number of hydrogen-bond acceptors (Lipinski definition) is 5. The molecule has 1 aromatic heterocycles. The molecular weight excluding hydrogens is 300 g/mol. The highest BCUT2D eigenvalue weighted by Gasteiger charge is 2.45. The first kappa shape index (κ1) is 17.4. The number of ether oxygens (including phenoxy) is 2. The third-order valence-electron chi connectivity index (χ3n) is 2.47. The van der Waals surface area contributed by atoms with E-state index in [1.165, 1.54) is 18.2 Å². The molecule has 1 N–H and O–H groups in total. The normalized spacial score (nSPS) is 13.6. The SMILES string of the molecule is C.CC.O=C(O)c1cnoc1-c1cccc2c1OC(F)(F)O2. The number of fused-ring (bicyclic) bond motifs is 1. The molecule has 8 heteroatoms. The van der Waals surface area contributed by atoms with Gasteiger partial charge in [-0.05, 0) is 12.1 Å². The number of nitrogens with zero attached hydrogens (tertiary/aromatic N) is 1. The van der Waals surface area contributed by atoms with Gasteiger partial charge in [-0.1, -0.05) is 32.5 Å². The van der Waals surface area contributed by atoms with E-state index in [4.69, 9.17) is 9.63 Å². The Balaban J connectivity index is 0.000000775. The van der Waals surface area contributed by atoms with Crippen molar-refractivity contribution in [2.75, 3.05) is 0 Å². The van der Waals surface area contributed by atoms with Crippen molar-refractivity contribution in [3.8, 4) is 22.8 Å². The van der Waals surface area contributed by atoms with Crippen LogP contribution in [0.3, 0.4) is 0 Å². The zero-order valence-electron chi connectivity index (χ0n) is 11.1. The standard InChI is InChI=1S/C11H5F2NO5.C2H6.CH4/c12-11(13)17-7-3-1-2-5(9(7)18-11)8-6(10(15)16)4-14-19-8;1-2;/h1-4H,(H,15,16);1-2H3;1H4. The lowest BCUT2D eigenvalue weighted by molar-refractivity contribution is -0.286. The summed E-state index contributed by atoms with van der Waals surface area (Å²) < 4.78 is 39.4. The van der Waals surface area contributed by atoms with Crippen molar-refractivity contribution in [3.63, 3.8) is 0 Å². The number of aromatic carboxylic acids is 1. The fraction of sp³-hybridized carbons (Fsp3) is 0.286. The molecule has 0 saturated carbocycles. The number of carbonyl (C=O) groups is 1. The van der Waals surface area contributed by atoms with Crippen molar-refractivity contribution in [3.05, 3.63) is 30.0 Å². The summed E-state index contributed by atoms with van der Waals surface area (Å²) in [6.07, 6.45) is -2.81. The Morgan fingerprint density at radius 3 is 2.59 bits per heavy atom. The van der Waals surface area contributed by atoms with Gasteiger partial charge < -0.3 is 19.1 Å². The average molecular weight is 315 g/mol. The first-order chi connectivity index (χ1) is 9.98. The van der Waals surface area contributed by atoms with E-state index in [9.17, 15) is 13.6 Å². The van der Waals surface area contributed by atoms with Gasteiger partial charge in [0.25, 0.3) is 0 Å². The predicted molar refractivity (Wildman–Crippen MR) is 73.2 cm³/mol. The van der Waals surface area contributed by atoms with Crippen LogP contribution in [0.25, 0.3) is 11.3 Å². The minimum Gasteiger partial charge on any atom is -0.477 e. The van der Waals surface area contributed by atoms with Crippen LogP contribution in [0.15, 0.2) is 28.9 Å². The lowest BCUT2D eigenvalue weighted by Gasteiger charge is -2.05. The number of aromatic nitrogens is 1. The van der Waals surface area contributed by atoms with Crippen molar-refractivity contribution in [2.45, 2.75) is 27.6 Å². The maximum Gasteiger partial charge on any atom is 0.586 e. The van der Waals surface area contributed by atoms with Gasteiger partial charge in [-0.3, -0.25) is 0 Å². The molecule has 1 aromatic carbocycles. The summed E-state index contributed by atoms with van der Waals surface area (Å²) >= 11 is 0. The smallest absolute Gasteiger partial charge is 0.477 e. The van der Waals surface area contributed by atoms with Crippen LogP contribution in [-0.4, -0.2) is 22.5 Å². The van der Waals surface area contributed by atoms with Gasteiger partial charge in [0.2, 0.25) is 0 Å². The maximum absolute atomic E-state index is 13.0. The highest BCUT2D eigenvalue weighted by molar-refractivity contribution is 5.95. The van der Waals surface area contributed by atoms with E-state index in [0.717, 1.165) is 6.20 Å².